The first kappa shape index (κ1) is 21.7. The lowest BCUT2D eigenvalue weighted by molar-refractivity contribution is 0.0916. The van der Waals surface area contributed by atoms with Crippen LogP contribution < -0.4 is 14.8 Å². The van der Waals surface area contributed by atoms with Crippen LogP contribution in [-0.2, 0) is 0 Å². The minimum atomic E-state index is -0.993. The highest BCUT2D eigenvalue weighted by Crippen LogP contribution is 2.28. The van der Waals surface area contributed by atoms with Gasteiger partial charge >= 0.3 is 0 Å². The summed E-state index contributed by atoms with van der Waals surface area (Å²) in [5.74, 6) is 0.283. The molecular weight excluding hydrogens is 361 g/mol. The molecular formula is C22H28FNO4. The monoisotopic (exact) mass is 389 g/mol. The van der Waals surface area contributed by atoms with Crippen LogP contribution in [0.15, 0.2) is 42.5 Å². The van der Waals surface area contributed by atoms with E-state index in [1.165, 1.54) is 38.2 Å². The SMILES string of the molecule is CCCCCCOc1ccc(C(=O)NCC(O)c2cccc(F)c2)cc1OC. The number of halogens is 1. The summed E-state index contributed by atoms with van der Waals surface area (Å²) in [5.41, 5.74) is 0.798. The van der Waals surface area contributed by atoms with Gasteiger partial charge in [-0.25, -0.2) is 4.39 Å². The van der Waals surface area contributed by atoms with Crippen LogP contribution in [0.3, 0.4) is 0 Å². The number of benzene rings is 2. The fourth-order valence-electron chi connectivity index (χ4n) is 2.76. The molecule has 1 unspecified atom stereocenters. The number of nitrogens with one attached hydrogen (secondary N) is 1. The van der Waals surface area contributed by atoms with Crippen LogP contribution in [0, 0.1) is 5.82 Å². The molecule has 152 valence electrons. The maximum atomic E-state index is 13.2. The highest BCUT2D eigenvalue weighted by Gasteiger charge is 2.14. The number of amides is 1. The smallest absolute Gasteiger partial charge is 0.251 e. The molecule has 28 heavy (non-hydrogen) atoms. The van der Waals surface area contributed by atoms with Gasteiger partial charge in [0.2, 0.25) is 0 Å². The highest BCUT2D eigenvalue weighted by molar-refractivity contribution is 5.94. The maximum absolute atomic E-state index is 13.2. The van der Waals surface area contributed by atoms with Crippen molar-refractivity contribution in [3.8, 4) is 11.5 Å². The fourth-order valence-corrected chi connectivity index (χ4v) is 2.76. The molecule has 2 aromatic rings. The quantitative estimate of drug-likeness (QED) is 0.564. The van der Waals surface area contributed by atoms with Crippen molar-refractivity contribution in [3.63, 3.8) is 0 Å². The summed E-state index contributed by atoms with van der Waals surface area (Å²) in [6.07, 6.45) is 3.44. The van der Waals surface area contributed by atoms with Crippen LogP contribution in [-0.4, -0.2) is 31.3 Å². The molecule has 0 aliphatic carbocycles. The molecule has 0 aromatic heterocycles. The predicted molar refractivity (Wildman–Crippen MR) is 106 cm³/mol. The largest absolute Gasteiger partial charge is 0.493 e. The Morgan fingerprint density at radius 2 is 1.96 bits per heavy atom. The number of rotatable bonds is 11. The lowest BCUT2D eigenvalue weighted by Crippen LogP contribution is -2.28. The molecule has 1 atom stereocenters. The molecule has 0 aliphatic rings. The second-order valence-corrected chi connectivity index (χ2v) is 6.56. The Morgan fingerprint density at radius 1 is 1.14 bits per heavy atom. The van der Waals surface area contributed by atoms with E-state index in [2.05, 4.69) is 12.2 Å². The van der Waals surface area contributed by atoms with E-state index >= 15 is 0 Å². The molecule has 2 rings (SSSR count). The number of unbranched alkanes of at least 4 members (excludes halogenated alkanes) is 3. The number of carbonyl (C=O) groups excluding carboxylic acids is 1. The van der Waals surface area contributed by atoms with Crippen molar-refractivity contribution >= 4 is 5.91 Å². The fraction of sp³-hybridized carbons (Fsp3) is 0.409. The van der Waals surface area contributed by atoms with E-state index in [0.29, 0.717) is 29.2 Å². The van der Waals surface area contributed by atoms with E-state index in [0.717, 1.165) is 12.8 Å². The van der Waals surface area contributed by atoms with Crippen molar-refractivity contribution in [2.24, 2.45) is 0 Å². The van der Waals surface area contributed by atoms with E-state index in [1.54, 1.807) is 24.3 Å². The molecule has 6 heteroatoms. The molecule has 0 heterocycles. The average molecular weight is 389 g/mol. The van der Waals surface area contributed by atoms with E-state index in [-0.39, 0.29) is 12.5 Å². The van der Waals surface area contributed by atoms with Gasteiger partial charge in [0.25, 0.3) is 5.91 Å². The Morgan fingerprint density at radius 3 is 2.68 bits per heavy atom. The van der Waals surface area contributed by atoms with E-state index in [1.807, 2.05) is 0 Å². The standard InChI is InChI=1S/C22H28FNO4/c1-3-4-5-6-12-28-20-11-10-17(14-21(20)27-2)22(26)24-15-19(25)16-8-7-9-18(23)13-16/h7-11,13-14,19,25H,3-6,12,15H2,1-2H3,(H,24,26). The lowest BCUT2D eigenvalue weighted by Gasteiger charge is -2.14. The van der Waals surface area contributed by atoms with Crippen LogP contribution in [0.2, 0.25) is 0 Å². The third-order valence-corrected chi connectivity index (χ3v) is 4.37. The molecule has 0 spiro atoms. The Bertz CT molecular complexity index is 766. The van der Waals surface area contributed by atoms with Gasteiger partial charge < -0.3 is 19.9 Å². The van der Waals surface area contributed by atoms with Crippen LogP contribution in [0.25, 0.3) is 0 Å². The molecule has 0 bridgehead atoms. The lowest BCUT2D eigenvalue weighted by atomic mass is 10.1. The number of methoxy groups -OCH3 is 1. The first-order valence-electron chi connectivity index (χ1n) is 9.57. The number of carbonyl (C=O) groups is 1. The Labute approximate surface area is 165 Å². The normalized spacial score (nSPS) is 11.7. The summed E-state index contributed by atoms with van der Waals surface area (Å²) in [7, 11) is 1.52. The number of ether oxygens (including phenoxy) is 2. The van der Waals surface area contributed by atoms with Crippen LogP contribution in [0.4, 0.5) is 4.39 Å². The van der Waals surface area contributed by atoms with Crippen molar-refractivity contribution < 1.29 is 23.8 Å². The molecule has 0 saturated carbocycles. The van der Waals surface area contributed by atoms with Gasteiger partial charge in [0.05, 0.1) is 19.8 Å². The van der Waals surface area contributed by atoms with E-state index in [4.69, 9.17) is 9.47 Å². The van der Waals surface area contributed by atoms with Crippen molar-refractivity contribution in [2.75, 3.05) is 20.3 Å². The van der Waals surface area contributed by atoms with E-state index in [9.17, 15) is 14.3 Å². The predicted octanol–water partition coefficient (Wildman–Crippen LogP) is 4.26. The van der Waals surface area contributed by atoms with Crippen LogP contribution in [0.1, 0.15) is 54.6 Å². The van der Waals surface area contributed by atoms with Crippen molar-refractivity contribution in [1.29, 1.82) is 0 Å². The Balaban J connectivity index is 1.92. The van der Waals surface area contributed by atoms with Crippen molar-refractivity contribution in [1.82, 2.24) is 5.32 Å². The first-order chi connectivity index (χ1) is 13.5. The van der Waals surface area contributed by atoms with Crippen LogP contribution in [0.5, 0.6) is 11.5 Å². The first-order valence-corrected chi connectivity index (χ1v) is 9.57. The Kier molecular flexibility index (Phi) is 8.75. The summed E-state index contributed by atoms with van der Waals surface area (Å²) < 4.78 is 24.3. The zero-order chi connectivity index (χ0) is 20.4. The van der Waals surface area contributed by atoms with Crippen LogP contribution >= 0.6 is 0 Å². The van der Waals surface area contributed by atoms with Gasteiger partial charge in [0.1, 0.15) is 5.82 Å². The molecule has 0 radical (unpaired) electrons. The number of aliphatic hydroxyl groups excluding tert-OH is 1. The van der Waals surface area contributed by atoms with Crippen molar-refractivity contribution in [3.05, 3.63) is 59.4 Å². The summed E-state index contributed by atoms with van der Waals surface area (Å²) in [5, 5.41) is 12.8. The second kappa shape index (κ2) is 11.3. The zero-order valence-electron chi connectivity index (χ0n) is 16.4. The summed E-state index contributed by atoms with van der Waals surface area (Å²) in [6, 6.07) is 10.6. The molecule has 5 nitrogen and oxygen atoms in total. The molecule has 2 N–H and O–H groups in total. The van der Waals surface area contributed by atoms with Gasteiger partial charge in [0.15, 0.2) is 11.5 Å². The summed E-state index contributed by atoms with van der Waals surface area (Å²) >= 11 is 0. The Hall–Kier alpha value is -2.60. The van der Waals surface area contributed by atoms with Gasteiger partial charge in [-0.05, 0) is 42.3 Å². The topological polar surface area (TPSA) is 67.8 Å². The molecule has 0 aliphatic heterocycles. The molecule has 0 fully saturated rings. The number of hydrogen-bond donors (Lipinski definition) is 2. The zero-order valence-corrected chi connectivity index (χ0v) is 16.4. The minimum absolute atomic E-state index is 0.0275. The average Bonchev–Trinajstić information content (AvgIpc) is 2.71. The number of aliphatic hydroxyl groups is 1. The number of hydrogen-bond acceptors (Lipinski definition) is 4. The highest BCUT2D eigenvalue weighted by atomic mass is 19.1. The van der Waals surface area contributed by atoms with Gasteiger partial charge in [-0.1, -0.05) is 38.3 Å². The van der Waals surface area contributed by atoms with Gasteiger partial charge in [-0.2, -0.15) is 0 Å². The molecule has 2 aromatic carbocycles. The third kappa shape index (κ3) is 6.53. The minimum Gasteiger partial charge on any atom is -0.493 e. The van der Waals surface area contributed by atoms with Gasteiger partial charge in [-0.3, -0.25) is 4.79 Å². The molecule has 0 saturated heterocycles. The van der Waals surface area contributed by atoms with Crippen molar-refractivity contribution in [2.45, 2.75) is 38.7 Å². The maximum Gasteiger partial charge on any atom is 0.251 e. The van der Waals surface area contributed by atoms with E-state index < -0.39 is 11.9 Å². The second-order valence-electron chi connectivity index (χ2n) is 6.56. The van der Waals surface area contributed by atoms with Gasteiger partial charge in [0, 0.05) is 12.1 Å². The van der Waals surface area contributed by atoms with Gasteiger partial charge in [-0.15, -0.1) is 0 Å². The molecule has 1 amide bonds. The third-order valence-electron chi connectivity index (χ3n) is 4.37. The summed E-state index contributed by atoms with van der Waals surface area (Å²) in [4.78, 5) is 12.4. The summed E-state index contributed by atoms with van der Waals surface area (Å²) in [6.45, 7) is 2.73.